The molecule has 0 bridgehead atoms. The van der Waals surface area contributed by atoms with E-state index in [0.29, 0.717) is 25.2 Å². The molecule has 1 aliphatic rings. The van der Waals surface area contributed by atoms with E-state index < -0.39 is 25.4 Å². The Kier molecular flexibility index (Phi) is 5.72. The molecular weight excluding hydrogens is 257 g/mol. The van der Waals surface area contributed by atoms with Crippen LogP contribution in [0.25, 0.3) is 0 Å². The zero-order valence-corrected chi connectivity index (χ0v) is 10.8. The summed E-state index contributed by atoms with van der Waals surface area (Å²) >= 11 is 1.03. The summed E-state index contributed by atoms with van der Waals surface area (Å²) in [5.41, 5.74) is 0.710. The molecule has 2 rings (SSSR count). The third-order valence-corrected chi connectivity index (χ3v) is 3.87. The second-order valence-corrected chi connectivity index (χ2v) is 4.94. The molecule has 2 heterocycles. The van der Waals surface area contributed by atoms with Crippen molar-refractivity contribution in [3.05, 3.63) is 15.6 Å². The number of thiazole rings is 1. The standard InChI is InChI=1S/C10H12F2N2O2S.Li/c11-3-6(4-12)14-2-1-7-8(5-14)17-9(13-7)10(15)16;/h6H,1-5H2,(H,15,16);/q;+1/p-1. The van der Waals surface area contributed by atoms with Gasteiger partial charge >= 0.3 is 18.9 Å². The second kappa shape index (κ2) is 6.62. The summed E-state index contributed by atoms with van der Waals surface area (Å²) in [5, 5.41) is 10.6. The van der Waals surface area contributed by atoms with Crippen molar-refractivity contribution in [2.24, 2.45) is 0 Å². The number of carboxylic acid groups (broad SMARTS) is 1. The van der Waals surface area contributed by atoms with Gasteiger partial charge in [-0.25, -0.2) is 13.8 Å². The van der Waals surface area contributed by atoms with Crippen molar-refractivity contribution >= 4 is 17.3 Å². The van der Waals surface area contributed by atoms with Crippen LogP contribution >= 0.6 is 11.3 Å². The molecule has 0 fully saturated rings. The van der Waals surface area contributed by atoms with Crippen LogP contribution in [0.3, 0.4) is 0 Å². The summed E-state index contributed by atoms with van der Waals surface area (Å²) in [5.74, 6) is -1.30. The van der Waals surface area contributed by atoms with Gasteiger partial charge in [0.2, 0.25) is 0 Å². The van der Waals surface area contributed by atoms with Crippen molar-refractivity contribution < 1.29 is 37.5 Å². The van der Waals surface area contributed by atoms with Gasteiger partial charge in [-0.1, -0.05) is 0 Å². The topological polar surface area (TPSA) is 56.3 Å². The Morgan fingerprint density at radius 1 is 1.50 bits per heavy atom. The van der Waals surface area contributed by atoms with E-state index >= 15 is 0 Å². The van der Waals surface area contributed by atoms with Crippen LogP contribution in [-0.4, -0.2) is 41.8 Å². The molecule has 1 aromatic rings. The van der Waals surface area contributed by atoms with E-state index in [2.05, 4.69) is 4.98 Å². The van der Waals surface area contributed by atoms with Crippen molar-refractivity contribution in [2.75, 3.05) is 19.9 Å². The summed E-state index contributed by atoms with van der Waals surface area (Å²) in [4.78, 5) is 17.0. The Morgan fingerprint density at radius 3 is 2.72 bits per heavy atom. The number of carbonyl (C=O) groups is 1. The van der Waals surface area contributed by atoms with Crippen LogP contribution in [0.5, 0.6) is 0 Å². The van der Waals surface area contributed by atoms with Crippen molar-refractivity contribution in [3.8, 4) is 0 Å². The van der Waals surface area contributed by atoms with Gasteiger partial charge in [0.1, 0.15) is 24.3 Å². The normalized spacial score (nSPS) is 15.3. The molecule has 0 atom stereocenters. The molecular formula is C10H11F2LiN2O2S. The SMILES string of the molecule is O=C([O-])c1nc2c(s1)CN(C(CF)CF)CC2.[Li+]. The number of nitrogens with zero attached hydrogens (tertiary/aromatic N) is 2. The van der Waals surface area contributed by atoms with Gasteiger partial charge in [0, 0.05) is 24.4 Å². The number of halogens is 2. The molecule has 0 unspecified atom stereocenters. The minimum Gasteiger partial charge on any atom is -0.542 e. The third-order valence-electron chi connectivity index (χ3n) is 2.81. The molecule has 0 saturated heterocycles. The molecule has 0 aliphatic carbocycles. The Labute approximate surface area is 119 Å². The Balaban J connectivity index is 0.00000162. The Hall–Kier alpha value is -0.483. The van der Waals surface area contributed by atoms with E-state index in [-0.39, 0.29) is 23.9 Å². The maximum absolute atomic E-state index is 12.6. The van der Waals surface area contributed by atoms with Crippen LogP contribution < -0.4 is 24.0 Å². The van der Waals surface area contributed by atoms with Crippen LogP contribution in [0, 0.1) is 0 Å². The molecule has 1 aliphatic heterocycles. The average molecular weight is 268 g/mol. The quantitative estimate of drug-likeness (QED) is 0.553. The number of carbonyl (C=O) groups excluding carboxylic acids is 1. The maximum Gasteiger partial charge on any atom is 1.00 e. The van der Waals surface area contributed by atoms with Gasteiger partial charge in [0.25, 0.3) is 0 Å². The molecule has 0 radical (unpaired) electrons. The molecule has 0 amide bonds. The predicted molar refractivity (Wildman–Crippen MR) is 56.3 cm³/mol. The molecule has 1 aromatic heterocycles. The van der Waals surface area contributed by atoms with Crippen LogP contribution in [0.4, 0.5) is 8.78 Å². The number of rotatable bonds is 4. The van der Waals surface area contributed by atoms with Gasteiger partial charge in [-0.3, -0.25) is 4.90 Å². The Bertz CT molecular complexity index is 426. The van der Waals surface area contributed by atoms with E-state index in [0.717, 1.165) is 16.2 Å². The predicted octanol–water partition coefficient (Wildman–Crippen LogP) is -2.82. The maximum atomic E-state index is 12.6. The van der Waals surface area contributed by atoms with Crippen LogP contribution in [-0.2, 0) is 13.0 Å². The number of hydrogen-bond donors (Lipinski definition) is 0. The number of fused-ring (bicyclic) bond motifs is 1. The van der Waals surface area contributed by atoms with E-state index in [9.17, 15) is 18.7 Å². The van der Waals surface area contributed by atoms with E-state index in [1.807, 2.05) is 0 Å². The molecule has 0 saturated carbocycles. The largest absolute Gasteiger partial charge is 1.00 e. The molecule has 0 spiro atoms. The fourth-order valence-electron chi connectivity index (χ4n) is 1.85. The molecule has 0 aromatic carbocycles. The summed E-state index contributed by atoms with van der Waals surface area (Å²) in [6, 6.07) is -0.739. The molecule has 94 valence electrons. The fraction of sp³-hybridized carbons (Fsp3) is 0.600. The first-order chi connectivity index (χ1) is 8.15. The average Bonchev–Trinajstić information content (AvgIpc) is 2.74. The van der Waals surface area contributed by atoms with Gasteiger partial charge in [-0.05, 0) is 0 Å². The van der Waals surface area contributed by atoms with Crippen molar-refractivity contribution in [1.82, 2.24) is 9.88 Å². The first-order valence-corrected chi connectivity index (χ1v) is 6.03. The van der Waals surface area contributed by atoms with E-state index in [4.69, 9.17) is 0 Å². The zero-order valence-electron chi connectivity index (χ0n) is 9.99. The van der Waals surface area contributed by atoms with Crippen LogP contribution in [0.1, 0.15) is 20.4 Å². The number of aromatic nitrogens is 1. The van der Waals surface area contributed by atoms with Crippen LogP contribution in [0.2, 0.25) is 0 Å². The van der Waals surface area contributed by atoms with E-state index in [1.165, 1.54) is 0 Å². The smallest absolute Gasteiger partial charge is 0.542 e. The zero-order chi connectivity index (χ0) is 12.4. The Morgan fingerprint density at radius 2 is 2.17 bits per heavy atom. The third kappa shape index (κ3) is 3.09. The fourth-order valence-corrected chi connectivity index (χ4v) is 2.82. The first-order valence-electron chi connectivity index (χ1n) is 5.21. The van der Waals surface area contributed by atoms with Crippen molar-refractivity contribution in [1.29, 1.82) is 0 Å². The second-order valence-electron chi connectivity index (χ2n) is 3.86. The summed E-state index contributed by atoms with van der Waals surface area (Å²) in [6.07, 6.45) is 0.523. The monoisotopic (exact) mass is 268 g/mol. The number of aromatic carboxylic acids is 1. The first kappa shape index (κ1) is 15.6. The van der Waals surface area contributed by atoms with Gasteiger partial charge < -0.3 is 9.90 Å². The summed E-state index contributed by atoms with van der Waals surface area (Å²) in [6.45, 7) is -0.615. The number of alkyl halides is 2. The van der Waals surface area contributed by atoms with Crippen molar-refractivity contribution in [3.63, 3.8) is 0 Å². The van der Waals surface area contributed by atoms with Gasteiger partial charge in [-0.15, -0.1) is 11.3 Å². The summed E-state index contributed by atoms with van der Waals surface area (Å²) in [7, 11) is 0. The minimum atomic E-state index is -1.30. The molecule has 18 heavy (non-hydrogen) atoms. The summed E-state index contributed by atoms with van der Waals surface area (Å²) < 4.78 is 25.1. The minimum absolute atomic E-state index is 0. The number of hydrogen-bond acceptors (Lipinski definition) is 5. The van der Waals surface area contributed by atoms with Gasteiger partial charge in [0.15, 0.2) is 0 Å². The van der Waals surface area contributed by atoms with Crippen molar-refractivity contribution in [2.45, 2.75) is 19.0 Å². The molecule has 4 nitrogen and oxygen atoms in total. The number of carboxylic acids is 1. The van der Waals surface area contributed by atoms with Crippen LogP contribution in [0.15, 0.2) is 0 Å². The van der Waals surface area contributed by atoms with E-state index in [1.54, 1.807) is 4.90 Å². The van der Waals surface area contributed by atoms with Gasteiger partial charge in [0.05, 0.1) is 11.7 Å². The molecule has 8 heteroatoms. The molecule has 0 N–H and O–H groups in total. The van der Waals surface area contributed by atoms with Gasteiger partial charge in [-0.2, -0.15) is 0 Å².